The van der Waals surface area contributed by atoms with Crippen molar-refractivity contribution < 1.29 is 9.47 Å². The fourth-order valence-electron chi connectivity index (χ4n) is 1.50. The van der Waals surface area contributed by atoms with Gasteiger partial charge in [0.2, 0.25) is 0 Å². The molecular weight excluding hydrogens is 281 g/mol. The van der Waals surface area contributed by atoms with Crippen LogP contribution in [0.3, 0.4) is 0 Å². The molecule has 2 rings (SSSR count). The van der Waals surface area contributed by atoms with Crippen LogP contribution in [0.1, 0.15) is 11.6 Å². The van der Waals surface area contributed by atoms with E-state index in [1.54, 1.807) is 7.11 Å². The molecule has 0 saturated heterocycles. The Morgan fingerprint density at radius 3 is 3.08 bits per heavy atom. The fourth-order valence-corrected chi connectivity index (χ4v) is 2.19. The van der Waals surface area contributed by atoms with Gasteiger partial charge >= 0.3 is 0 Å². The lowest BCUT2D eigenvalue weighted by Crippen LogP contribution is -2.12. The molecule has 0 radical (unpaired) electrons. The number of benzene rings is 1. The van der Waals surface area contributed by atoms with Crippen molar-refractivity contribution in [3.05, 3.63) is 21.3 Å². The molecule has 1 aliphatic heterocycles. The zero-order chi connectivity index (χ0) is 9.42. The smallest absolute Gasteiger partial charge is 0.140 e. The number of ether oxygens (including phenoxy) is 2. The first kappa shape index (κ1) is 9.08. The number of hydrogen-bond acceptors (Lipinski definition) is 3. The highest BCUT2D eigenvalue weighted by Crippen LogP contribution is 2.40. The molecule has 1 aromatic carbocycles. The van der Waals surface area contributed by atoms with Gasteiger partial charge < -0.3 is 15.2 Å². The first-order chi connectivity index (χ1) is 6.24. The maximum Gasteiger partial charge on any atom is 0.140 e. The van der Waals surface area contributed by atoms with Gasteiger partial charge in [-0.15, -0.1) is 0 Å². The predicted octanol–water partition coefficient (Wildman–Crippen LogP) is 1.69. The third-order valence-electron chi connectivity index (χ3n) is 2.10. The van der Waals surface area contributed by atoms with Gasteiger partial charge in [-0.1, -0.05) is 0 Å². The monoisotopic (exact) mass is 291 g/mol. The fraction of sp³-hybridized carbons (Fsp3) is 0.333. The van der Waals surface area contributed by atoms with Gasteiger partial charge in [0, 0.05) is 0 Å². The molecule has 0 spiro atoms. The highest BCUT2D eigenvalue weighted by molar-refractivity contribution is 14.1. The van der Waals surface area contributed by atoms with E-state index >= 15 is 0 Å². The Bertz CT molecular complexity index is 341. The van der Waals surface area contributed by atoms with Crippen LogP contribution in [0.25, 0.3) is 0 Å². The normalized spacial score (nSPS) is 19.5. The Balaban J connectivity index is 2.60. The third-order valence-corrected chi connectivity index (χ3v) is 2.95. The van der Waals surface area contributed by atoms with E-state index in [9.17, 15) is 0 Å². The molecule has 1 heterocycles. The van der Waals surface area contributed by atoms with Gasteiger partial charge in [-0.05, 0) is 34.7 Å². The second-order valence-electron chi connectivity index (χ2n) is 2.91. The Labute approximate surface area is 90.3 Å². The van der Waals surface area contributed by atoms with Crippen LogP contribution in [-0.4, -0.2) is 13.7 Å². The van der Waals surface area contributed by atoms with Crippen molar-refractivity contribution in [2.45, 2.75) is 6.04 Å². The molecule has 0 saturated carbocycles. The summed E-state index contributed by atoms with van der Waals surface area (Å²) in [7, 11) is 1.66. The number of rotatable bonds is 1. The molecule has 13 heavy (non-hydrogen) atoms. The second-order valence-corrected chi connectivity index (χ2v) is 4.07. The third kappa shape index (κ3) is 1.38. The topological polar surface area (TPSA) is 44.5 Å². The van der Waals surface area contributed by atoms with E-state index in [-0.39, 0.29) is 6.04 Å². The minimum Gasteiger partial charge on any atom is -0.495 e. The van der Waals surface area contributed by atoms with Gasteiger partial charge in [-0.3, -0.25) is 0 Å². The zero-order valence-corrected chi connectivity index (χ0v) is 9.37. The number of hydrogen-bond donors (Lipinski definition) is 1. The second kappa shape index (κ2) is 3.34. The van der Waals surface area contributed by atoms with Crippen LogP contribution in [0.5, 0.6) is 11.5 Å². The number of methoxy groups -OCH3 is 1. The summed E-state index contributed by atoms with van der Waals surface area (Å²) in [6, 6.07) is 3.85. The molecule has 70 valence electrons. The van der Waals surface area contributed by atoms with E-state index in [2.05, 4.69) is 22.6 Å². The van der Waals surface area contributed by atoms with E-state index in [1.807, 2.05) is 12.1 Å². The number of nitrogens with two attached hydrogens (primary N) is 1. The lowest BCUT2D eigenvalue weighted by Gasteiger charge is -2.09. The molecule has 0 aliphatic carbocycles. The minimum absolute atomic E-state index is 0.0559. The Morgan fingerprint density at radius 2 is 2.38 bits per heavy atom. The largest absolute Gasteiger partial charge is 0.495 e. The lowest BCUT2D eigenvalue weighted by atomic mass is 10.1. The van der Waals surface area contributed by atoms with E-state index in [0.29, 0.717) is 6.61 Å². The minimum atomic E-state index is -0.0559. The van der Waals surface area contributed by atoms with Crippen LogP contribution < -0.4 is 15.2 Å². The van der Waals surface area contributed by atoms with Gasteiger partial charge in [0.15, 0.2) is 0 Å². The van der Waals surface area contributed by atoms with Crippen molar-refractivity contribution in [1.82, 2.24) is 0 Å². The summed E-state index contributed by atoms with van der Waals surface area (Å²) in [6.07, 6.45) is 0. The summed E-state index contributed by atoms with van der Waals surface area (Å²) >= 11 is 2.23. The van der Waals surface area contributed by atoms with Crippen molar-refractivity contribution in [2.24, 2.45) is 5.73 Å². The summed E-state index contributed by atoms with van der Waals surface area (Å²) in [5.41, 5.74) is 6.88. The van der Waals surface area contributed by atoms with Crippen LogP contribution >= 0.6 is 22.6 Å². The summed E-state index contributed by atoms with van der Waals surface area (Å²) in [5, 5.41) is 0. The van der Waals surface area contributed by atoms with Crippen molar-refractivity contribution in [3.8, 4) is 11.5 Å². The highest BCUT2D eigenvalue weighted by atomic mass is 127. The molecule has 0 unspecified atom stereocenters. The summed E-state index contributed by atoms with van der Waals surface area (Å²) in [5.74, 6) is 1.70. The standard InChI is InChI=1S/C9H10INO2/c1-12-9-5(10)2-3-7-8(9)6(11)4-13-7/h2-3,6H,4,11H2,1H3/t6-/m0/s1. The molecule has 0 bridgehead atoms. The molecule has 1 aliphatic rings. The SMILES string of the molecule is COc1c(I)ccc2c1[C@@H](N)CO2. The van der Waals surface area contributed by atoms with Crippen LogP contribution in [0.15, 0.2) is 12.1 Å². The summed E-state index contributed by atoms with van der Waals surface area (Å²) in [4.78, 5) is 0. The molecule has 3 nitrogen and oxygen atoms in total. The van der Waals surface area contributed by atoms with Gasteiger partial charge in [-0.2, -0.15) is 0 Å². The first-order valence-electron chi connectivity index (χ1n) is 3.99. The van der Waals surface area contributed by atoms with Crippen LogP contribution in [-0.2, 0) is 0 Å². The Morgan fingerprint density at radius 1 is 1.62 bits per heavy atom. The maximum atomic E-state index is 5.88. The van der Waals surface area contributed by atoms with Gasteiger partial charge in [0.1, 0.15) is 18.1 Å². The molecule has 2 N–H and O–H groups in total. The molecule has 1 aromatic rings. The van der Waals surface area contributed by atoms with Crippen LogP contribution in [0, 0.1) is 3.57 Å². The first-order valence-corrected chi connectivity index (χ1v) is 5.06. The van der Waals surface area contributed by atoms with Crippen molar-refractivity contribution in [1.29, 1.82) is 0 Å². The van der Waals surface area contributed by atoms with Crippen LogP contribution in [0.4, 0.5) is 0 Å². The molecule has 0 fully saturated rings. The van der Waals surface area contributed by atoms with Gasteiger partial charge in [0.05, 0.1) is 22.3 Å². The summed E-state index contributed by atoms with van der Waals surface area (Å²) in [6.45, 7) is 0.547. The average molecular weight is 291 g/mol. The molecule has 0 amide bonds. The van der Waals surface area contributed by atoms with E-state index in [1.165, 1.54) is 0 Å². The number of halogens is 1. The molecular formula is C9H10INO2. The lowest BCUT2D eigenvalue weighted by molar-refractivity contribution is 0.333. The molecule has 1 atom stereocenters. The van der Waals surface area contributed by atoms with E-state index in [0.717, 1.165) is 20.6 Å². The predicted molar refractivity (Wildman–Crippen MR) is 58.1 cm³/mol. The molecule has 0 aromatic heterocycles. The van der Waals surface area contributed by atoms with E-state index < -0.39 is 0 Å². The average Bonchev–Trinajstić information content (AvgIpc) is 2.49. The maximum absolute atomic E-state index is 5.88. The summed E-state index contributed by atoms with van der Waals surface area (Å²) < 4.78 is 11.8. The van der Waals surface area contributed by atoms with E-state index in [4.69, 9.17) is 15.2 Å². The quantitative estimate of drug-likeness (QED) is 0.801. The zero-order valence-electron chi connectivity index (χ0n) is 7.21. The van der Waals surface area contributed by atoms with Crippen LogP contribution in [0.2, 0.25) is 0 Å². The number of fused-ring (bicyclic) bond motifs is 1. The molecule has 4 heteroatoms. The van der Waals surface area contributed by atoms with Crippen molar-refractivity contribution >= 4 is 22.6 Å². The van der Waals surface area contributed by atoms with Gasteiger partial charge in [-0.25, -0.2) is 0 Å². The highest BCUT2D eigenvalue weighted by Gasteiger charge is 2.26. The Kier molecular flexibility index (Phi) is 2.33. The Hall–Kier alpha value is -0.490. The van der Waals surface area contributed by atoms with Crippen molar-refractivity contribution in [2.75, 3.05) is 13.7 Å². The van der Waals surface area contributed by atoms with Gasteiger partial charge in [0.25, 0.3) is 0 Å². The van der Waals surface area contributed by atoms with Crippen molar-refractivity contribution in [3.63, 3.8) is 0 Å².